The first-order chi connectivity index (χ1) is 16.3. The highest BCUT2D eigenvalue weighted by molar-refractivity contribution is 7.99. The minimum Gasteiger partial charge on any atom is -0.342 e. The predicted octanol–water partition coefficient (Wildman–Crippen LogP) is 5.85. The van der Waals surface area contributed by atoms with Crippen molar-refractivity contribution in [3.8, 4) is 0 Å². The SMILES string of the molecule is CCn1c(SCC(=O)Nc2ccccc2)nnc1[C@@H](CC(C)C)NC(=O)c1ccc(Cl)cc1Cl. The van der Waals surface area contributed by atoms with Gasteiger partial charge in [0.15, 0.2) is 11.0 Å². The van der Waals surface area contributed by atoms with Crippen LogP contribution in [0, 0.1) is 5.92 Å². The Hall–Kier alpha value is -2.55. The second kappa shape index (κ2) is 12.2. The van der Waals surface area contributed by atoms with Gasteiger partial charge in [0, 0.05) is 17.3 Å². The van der Waals surface area contributed by atoms with Gasteiger partial charge in [-0.1, -0.05) is 67.0 Å². The molecule has 0 aliphatic heterocycles. The lowest BCUT2D eigenvalue weighted by Crippen LogP contribution is -2.31. The fourth-order valence-electron chi connectivity index (χ4n) is 3.42. The van der Waals surface area contributed by atoms with Gasteiger partial charge in [-0.05, 0) is 49.6 Å². The van der Waals surface area contributed by atoms with Crippen molar-refractivity contribution in [3.63, 3.8) is 0 Å². The Kier molecular flexibility index (Phi) is 9.38. The summed E-state index contributed by atoms with van der Waals surface area (Å²) in [6.07, 6.45) is 0.661. The number of benzene rings is 2. The smallest absolute Gasteiger partial charge is 0.253 e. The number of rotatable bonds is 10. The molecule has 0 aliphatic carbocycles. The van der Waals surface area contributed by atoms with Crippen LogP contribution in [0.5, 0.6) is 0 Å². The molecule has 0 fully saturated rings. The highest BCUT2D eigenvalue weighted by Crippen LogP contribution is 2.27. The summed E-state index contributed by atoms with van der Waals surface area (Å²) < 4.78 is 1.93. The Morgan fingerprint density at radius 3 is 2.47 bits per heavy atom. The van der Waals surface area contributed by atoms with Gasteiger partial charge in [0.1, 0.15) is 0 Å². The monoisotopic (exact) mass is 519 g/mol. The van der Waals surface area contributed by atoms with Crippen LogP contribution in [0.15, 0.2) is 53.7 Å². The minimum absolute atomic E-state index is 0.132. The Morgan fingerprint density at radius 2 is 1.82 bits per heavy atom. The van der Waals surface area contributed by atoms with Crippen molar-refractivity contribution in [1.29, 1.82) is 0 Å². The van der Waals surface area contributed by atoms with E-state index in [0.29, 0.717) is 40.5 Å². The van der Waals surface area contributed by atoms with Gasteiger partial charge >= 0.3 is 0 Å². The summed E-state index contributed by atoms with van der Waals surface area (Å²) in [5.74, 6) is 0.679. The first-order valence-corrected chi connectivity index (χ1v) is 12.7. The summed E-state index contributed by atoms with van der Waals surface area (Å²) in [4.78, 5) is 25.3. The summed E-state index contributed by atoms with van der Waals surface area (Å²) in [6, 6.07) is 13.7. The number of halogens is 2. The Balaban J connectivity index is 1.75. The van der Waals surface area contributed by atoms with Crippen molar-refractivity contribution in [2.45, 2.75) is 44.9 Å². The molecule has 2 N–H and O–H groups in total. The van der Waals surface area contributed by atoms with E-state index in [2.05, 4.69) is 34.7 Å². The second-order valence-electron chi connectivity index (χ2n) is 8.07. The van der Waals surface area contributed by atoms with E-state index in [0.717, 1.165) is 5.69 Å². The molecular formula is C24H27Cl2N5O2S. The zero-order valence-corrected chi connectivity index (χ0v) is 21.5. The van der Waals surface area contributed by atoms with E-state index in [1.54, 1.807) is 18.2 Å². The van der Waals surface area contributed by atoms with E-state index in [4.69, 9.17) is 23.2 Å². The number of thioether (sulfide) groups is 1. The molecule has 0 spiro atoms. The van der Waals surface area contributed by atoms with Gasteiger partial charge in [0.2, 0.25) is 5.91 Å². The highest BCUT2D eigenvalue weighted by atomic mass is 35.5. The molecule has 0 unspecified atom stereocenters. The molecule has 180 valence electrons. The summed E-state index contributed by atoms with van der Waals surface area (Å²) >= 11 is 13.5. The molecule has 10 heteroatoms. The van der Waals surface area contributed by atoms with E-state index in [1.807, 2.05) is 41.8 Å². The fourth-order valence-corrected chi connectivity index (χ4v) is 4.72. The minimum atomic E-state index is -0.376. The van der Waals surface area contributed by atoms with E-state index in [1.165, 1.54) is 11.8 Å². The van der Waals surface area contributed by atoms with Gasteiger partial charge in [0.05, 0.1) is 22.4 Å². The van der Waals surface area contributed by atoms with Crippen molar-refractivity contribution in [2.24, 2.45) is 5.92 Å². The molecule has 0 saturated carbocycles. The molecule has 7 nitrogen and oxygen atoms in total. The lowest BCUT2D eigenvalue weighted by molar-refractivity contribution is -0.113. The molecule has 0 aliphatic rings. The maximum Gasteiger partial charge on any atom is 0.253 e. The van der Waals surface area contributed by atoms with Crippen molar-refractivity contribution in [2.75, 3.05) is 11.1 Å². The van der Waals surface area contributed by atoms with Gasteiger partial charge in [-0.25, -0.2) is 0 Å². The number of hydrogen-bond donors (Lipinski definition) is 2. The van der Waals surface area contributed by atoms with Crippen molar-refractivity contribution in [3.05, 3.63) is 70.0 Å². The van der Waals surface area contributed by atoms with E-state index < -0.39 is 0 Å². The molecule has 34 heavy (non-hydrogen) atoms. The van der Waals surface area contributed by atoms with E-state index >= 15 is 0 Å². The van der Waals surface area contributed by atoms with Gasteiger partial charge in [-0.3, -0.25) is 9.59 Å². The summed E-state index contributed by atoms with van der Waals surface area (Å²) in [5, 5.41) is 16.0. The number of amides is 2. The van der Waals surface area contributed by atoms with Crippen LogP contribution in [0.3, 0.4) is 0 Å². The number of hydrogen-bond acceptors (Lipinski definition) is 5. The molecule has 1 heterocycles. The number of nitrogens with one attached hydrogen (secondary N) is 2. The lowest BCUT2D eigenvalue weighted by Gasteiger charge is -2.21. The van der Waals surface area contributed by atoms with Crippen LogP contribution in [-0.4, -0.2) is 32.3 Å². The molecule has 0 bridgehead atoms. The van der Waals surface area contributed by atoms with Gasteiger partial charge < -0.3 is 15.2 Å². The lowest BCUT2D eigenvalue weighted by atomic mass is 10.0. The fraction of sp³-hybridized carbons (Fsp3) is 0.333. The standard InChI is InChI=1S/C24H27Cl2N5O2S/c1-4-31-22(29-30-24(31)34-14-21(32)27-17-8-6-5-7-9-17)20(12-15(2)3)28-23(33)18-11-10-16(25)13-19(18)26/h5-11,13,15,20H,4,12,14H2,1-3H3,(H,27,32)(H,28,33)/t20-/m1/s1. The third kappa shape index (κ3) is 6.98. The highest BCUT2D eigenvalue weighted by Gasteiger charge is 2.25. The molecule has 0 radical (unpaired) electrons. The van der Waals surface area contributed by atoms with Crippen LogP contribution in [0.1, 0.15) is 49.4 Å². The van der Waals surface area contributed by atoms with Gasteiger partial charge in [-0.2, -0.15) is 0 Å². The molecule has 3 rings (SSSR count). The zero-order chi connectivity index (χ0) is 24.7. The molecule has 1 aromatic heterocycles. The molecule has 3 aromatic rings. The first-order valence-electron chi connectivity index (χ1n) is 10.9. The summed E-state index contributed by atoms with van der Waals surface area (Å²) in [7, 11) is 0. The van der Waals surface area contributed by atoms with E-state index in [9.17, 15) is 9.59 Å². The Labute approximate surface area is 213 Å². The Bertz CT molecular complexity index is 1140. The predicted molar refractivity (Wildman–Crippen MR) is 138 cm³/mol. The molecular weight excluding hydrogens is 493 g/mol. The van der Waals surface area contributed by atoms with Crippen molar-refractivity contribution < 1.29 is 9.59 Å². The third-order valence-corrected chi connectivity index (χ3v) is 6.47. The third-order valence-electron chi connectivity index (χ3n) is 4.95. The van der Waals surface area contributed by atoms with Crippen LogP contribution in [0.2, 0.25) is 10.0 Å². The number of anilines is 1. The van der Waals surface area contributed by atoms with Crippen LogP contribution >= 0.6 is 35.0 Å². The summed E-state index contributed by atoms with van der Waals surface area (Å²) in [6.45, 7) is 6.72. The second-order valence-corrected chi connectivity index (χ2v) is 9.85. The maximum absolute atomic E-state index is 13.0. The molecule has 0 saturated heterocycles. The topological polar surface area (TPSA) is 88.9 Å². The molecule has 2 amide bonds. The first kappa shape index (κ1) is 26.1. The molecule has 1 atom stereocenters. The maximum atomic E-state index is 13.0. The number of carbonyl (C=O) groups is 2. The van der Waals surface area contributed by atoms with Crippen molar-refractivity contribution >= 4 is 52.5 Å². The van der Waals surface area contributed by atoms with Crippen molar-refractivity contribution in [1.82, 2.24) is 20.1 Å². The number of nitrogens with zero attached hydrogens (tertiary/aromatic N) is 3. The average Bonchev–Trinajstić information content (AvgIpc) is 3.20. The normalized spacial score (nSPS) is 11.9. The Morgan fingerprint density at radius 1 is 1.09 bits per heavy atom. The summed E-state index contributed by atoms with van der Waals surface area (Å²) in [5.41, 5.74) is 1.08. The zero-order valence-electron chi connectivity index (χ0n) is 19.2. The van der Waals surface area contributed by atoms with Crippen LogP contribution in [0.25, 0.3) is 0 Å². The van der Waals surface area contributed by atoms with Gasteiger partial charge in [0.25, 0.3) is 5.91 Å². The molecule has 2 aromatic carbocycles. The number of carbonyl (C=O) groups excluding carboxylic acids is 2. The average molecular weight is 520 g/mol. The largest absolute Gasteiger partial charge is 0.342 e. The van der Waals surface area contributed by atoms with Crippen LogP contribution < -0.4 is 10.6 Å². The quantitative estimate of drug-likeness (QED) is 0.327. The number of aromatic nitrogens is 3. The van der Waals surface area contributed by atoms with Crippen LogP contribution in [-0.2, 0) is 11.3 Å². The van der Waals surface area contributed by atoms with Gasteiger partial charge in [-0.15, -0.1) is 10.2 Å². The number of para-hydroxylation sites is 1. The van der Waals surface area contributed by atoms with E-state index in [-0.39, 0.29) is 28.6 Å². The van der Waals surface area contributed by atoms with Crippen LogP contribution in [0.4, 0.5) is 5.69 Å².